The van der Waals surface area contributed by atoms with E-state index in [-0.39, 0.29) is 66.0 Å². The van der Waals surface area contributed by atoms with Crippen LogP contribution in [0.2, 0.25) is 0 Å². The molecule has 2 aliphatic rings. The summed E-state index contributed by atoms with van der Waals surface area (Å²) in [4.78, 5) is 97.7. The Kier molecular flexibility index (Phi) is 24.8. The second kappa shape index (κ2) is 29.6. The van der Waals surface area contributed by atoms with Gasteiger partial charge < -0.3 is 40.2 Å². The van der Waals surface area contributed by atoms with Crippen molar-refractivity contribution < 1.29 is 43.1 Å². The predicted octanol–water partition coefficient (Wildman–Crippen LogP) is 5.84. The molecule has 71 heavy (non-hydrogen) atoms. The number of para-hydroxylation sites is 1. The fourth-order valence-corrected chi connectivity index (χ4v) is 10.7. The van der Waals surface area contributed by atoms with Gasteiger partial charge in [0.1, 0.15) is 12.1 Å². The Morgan fingerprint density at radius 1 is 0.887 bits per heavy atom. The molecule has 0 radical (unpaired) electrons. The van der Waals surface area contributed by atoms with Crippen molar-refractivity contribution in [2.24, 2.45) is 23.7 Å². The number of amides is 6. The summed E-state index contributed by atoms with van der Waals surface area (Å²) in [6.45, 7) is 16.4. The lowest BCUT2D eigenvalue weighted by Crippen LogP contribution is -2.60. The summed E-state index contributed by atoms with van der Waals surface area (Å²) in [6.07, 6.45) is 8.17. The third-order valence-corrected chi connectivity index (χ3v) is 15.2. The number of alkyl halides is 1. The van der Waals surface area contributed by atoms with E-state index >= 15 is 0 Å². The van der Waals surface area contributed by atoms with Crippen molar-refractivity contribution in [3.05, 3.63) is 36.0 Å². The van der Waals surface area contributed by atoms with E-state index < -0.39 is 48.3 Å². The molecular formula is C53H87BrN8O9. The van der Waals surface area contributed by atoms with Crippen molar-refractivity contribution in [3.63, 3.8) is 0 Å². The fourth-order valence-electron chi connectivity index (χ4n) is 10.5. The number of nitrogens with zero attached hydrogens (tertiary/aromatic N) is 4. The van der Waals surface area contributed by atoms with Gasteiger partial charge in [-0.25, -0.2) is 5.06 Å². The van der Waals surface area contributed by atoms with Gasteiger partial charge in [0.05, 0.1) is 54.6 Å². The quantitative estimate of drug-likeness (QED) is 0.0569. The van der Waals surface area contributed by atoms with Crippen molar-refractivity contribution in [3.8, 4) is 0 Å². The van der Waals surface area contributed by atoms with Crippen LogP contribution in [0.4, 0.5) is 0 Å². The Bertz CT molecular complexity index is 2010. The molecule has 2 aromatic rings. The number of unbranched alkanes of at least 4 members (excludes halogenated alkanes) is 3. The number of aromatic amines is 1. The van der Waals surface area contributed by atoms with Gasteiger partial charge in [-0.3, -0.25) is 38.5 Å². The van der Waals surface area contributed by atoms with E-state index in [0.29, 0.717) is 57.4 Å². The molecule has 0 spiro atoms. The molecule has 2 aliphatic heterocycles. The average Bonchev–Trinajstić information content (AvgIpc) is 4.02. The van der Waals surface area contributed by atoms with Gasteiger partial charge in [0.25, 0.3) is 5.91 Å². The van der Waals surface area contributed by atoms with Gasteiger partial charge in [-0.15, -0.1) is 0 Å². The maximum Gasteiger partial charge on any atom is 0.269 e. The number of likely N-dealkylation sites (tertiary alicyclic amines) is 1. The minimum atomic E-state index is -0.902. The fraction of sp³-hybridized carbons (Fsp3) is 0.736. The minimum Gasteiger partial charge on any atom is -0.379 e. The van der Waals surface area contributed by atoms with Crippen LogP contribution in [-0.4, -0.2) is 169 Å². The molecule has 18 heteroatoms. The second-order valence-electron chi connectivity index (χ2n) is 20.5. The maximum absolute atomic E-state index is 14.7. The number of halogens is 1. The van der Waals surface area contributed by atoms with Crippen LogP contribution in [0.1, 0.15) is 118 Å². The van der Waals surface area contributed by atoms with Crippen LogP contribution >= 0.6 is 15.9 Å². The lowest BCUT2D eigenvalue weighted by atomic mass is 9.89. The van der Waals surface area contributed by atoms with Gasteiger partial charge in [0.2, 0.25) is 29.5 Å². The van der Waals surface area contributed by atoms with E-state index in [4.69, 9.17) is 14.3 Å². The summed E-state index contributed by atoms with van der Waals surface area (Å²) in [5.74, 6) is -2.38. The molecule has 0 unspecified atom stereocenters. The zero-order chi connectivity index (χ0) is 52.4. The minimum absolute atomic E-state index is 0.0158. The third kappa shape index (κ3) is 16.4. The highest BCUT2D eigenvalue weighted by atomic mass is 79.9. The molecule has 2 fully saturated rings. The molecule has 0 aliphatic carbocycles. The van der Waals surface area contributed by atoms with E-state index in [1.165, 1.54) is 5.06 Å². The number of fused-ring (bicyclic) bond motifs is 1. The Morgan fingerprint density at radius 2 is 1.61 bits per heavy atom. The summed E-state index contributed by atoms with van der Waals surface area (Å²) in [5.41, 5.74) is 1.83. The van der Waals surface area contributed by atoms with Crippen LogP contribution < -0.4 is 16.0 Å². The Labute approximate surface area is 432 Å². The number of aromatic nitrogens is 1. The number of likely N-dealkylation sites (N-methyl/N-ethyl adjacent to an activating group) is 2. The van der Waals surface area contributed by atoms with Gasteiger partial charge in [-0.05, 0) is 81.5 Å². The zero-order valence-corrected chi connectivity index (χ0v) is 46.2. The topological polar surface area (TPSA) is 195 Å². The number of methoxy groups -OCH3 is 2. The van der Waals surface area contributed by atoms with Crippen molar-refractivity contribution in [1.29, 1.82) is 0 Å². The molecule has 4 rings (SSSR count). The van der Waals surface area contributed by atoms with Crippen molar-refractivity contribution in [2.75, 3.05) is 66.4 Å². The molecule has 1 aromatic carbocycles. The van der Waals surface area contributed by atoms with Crippen LogP contribution in [0.3, 0.4) is 0 Å². The summed E-state index contributed by atoms with van der Waals surface area (Å²) in [6, 6.07) is 4.74. The SMILES string of the molecule is CC[C@H](C)[C@@H]([C@@H](CC(=O)N1CCC[C@H]1[C@H](OC)[C@@H](C)C(=O)N[C@@H](Cc1c[nH]c2ccccc12)C(=O)N1CCCCO1)OC)N(C)C(=O)[C@@H](NC(=O)[C@H](C(C)C)N(C)CCCCCCNC(=O)CBr)C(C)C. The van der Waals surface area contributed by atoms with Crippen LogP contribution in [0.5, 0.6) is 0 Å². The summed E-state index contributed by atoms with van der Waals surface area (Å²) < 4.78 is 12.2. The zero-order valence-electron chi connectivity index (χ0n) is 44.6. The summed E-state index contributed by atoms with van der Waals surface area (Å²) >= 11 is 3.17. The number of H-pyrrole nitrogens is 1. The third-order valence-electron chi connectivity index (χ3n) is 14.7. The second-order valence-corrected chi connectivity index (χ2v) is 21.1. The lowest BCUT2D eigenvalue weighted by molar-refractivity contribution is -0.199. The van der Waals surface area contributed by atoms with E-state index in [9.17, 15) is 28.8 Å². The summed E-state index contributed by atoms with van der Waals surface area (Å²) in [7, 11) is 6.80. The molecule has 17 nitrogen and oxygen atoms in total. The standard InChI is InChI=1S/C53H87BrN8O9/c1-12-36(6)48(60(9)53(68)46(34(2)3)58-51(66)47(35(4)5)59(8)26-18-14-13-17-25-55-44(63)32-54)43(69-10)31-45(64)61-27-21-24-42(61)49(70-11)37(7)50(65)57-41(52(67)62-28-19-20-29-71-62)30-38-33-56-40-23-16-15-22-39(38)40/h15-16,22-23,33-37,41-43,46-49,56H,12-14,17-21,24-32H2,1-11H3,(H,55,63)(H,57,65)(H,58,66)/t36-,37+,41-,42-,43+,46-,47-,48-,49+/m0/s1. The molecule has 0 bridgehead atoms. The van der Waals surface area contributed by atoms with E-state index in [1.54, 1.807) is 38.0 Å². The monoisotopic (exact) mass is 1060 g/mol. The predicted molar refractivity (Wildman–Crippen MR) is 280 cm³/mol. The smallest absolute Gasteiger partial charge is 0.269 e. The van der Waals surface area contributed by atoms with Gasteiger partial charge in [-0.1, -0.05) is 102 Å². The summed E-state index contributed by atoms with van der Waals surface area (Å²) in [5, 5.41) is 11.7. The molecular weight excluding hydrogens is 973 g/mol. The first-order chi connectivity index (χ1) is 33.9. The molecule has 3 heterocycles. The van der Waals surface area contributed by atoms with Crippen LogP contribution in [-0.2, 0) is 49.5 Å². The van der Waals surface area contributed by atoms with E-state index in [1.807, 2.05) is 79.1 Å². The molecule has 9 atom stereocenters. The highest BCUT2D eigenvalue weighted by Crippen LogP contribution is 2.30. The van der Waals surface area contributed by atoms with E-state index in [0.717, 1.165) is 55.0 Å². The van der Waals surface area contributed by atoms with Crippen molar-refractivity contribution >= 4 is 62.3 Å². The van der Waals surface area contributed by atoms with Crippen LogP contribution in [0.15, 0.2) is 30.5 Å². The molecule has 2 saturated heterocycles. The molecule has 4 N–H and O–H groups in total. The molecule has 0 saturated carbocycles. The van der Waals surface area contributed by atoms with Gasteiger partial charge in [-0.2, -0.15) is 0 Å². The largest absolute Gasteiger partial charge is 0.379 e. The first-order valence-electron chi connectivity index (χ1n) is 26.1. The number of hydroxylamine groups is 2. The highest BCUT2D eigenvalue weighted by molar-refractivity contribution is 9.09. The van der Waals surface area contributed by atoms with Gasteiger partial charge in [0.15, 0.2) is 0 Å². The number of carbonyl (C=O) groups excluding carboxylic acids is 6. The Morgan fingerprint density at radius 3 is 2.24 bits per heavy atom. The number of benzene rings is 1. The first-order valence-corrected chi connectivity index (χ1v) is 27.3. The molecule has 6 amide bonds. The van der Waals surface area contributed by atoms with Crippen LogP contribution in [0, 0.1) is 23.7 Å². The number of carbonyl (C=O) groups is 6. The van der Waals surface area contributed by atoms with Crippen LogP contribution in [0.25, 0.3) is 10.9 Å². The van der Waals surface area contributed by atoms with Gasteiger partial charge >= 0.3 is 0 Å². The number of rotatable bonds is 29. The lowest BCUT2D eigenvalue weighted by Gasteiger charge is -2.41. The number of hydrogen-bond donors (Lipinski definition) is 4. The number of nitrogens with one attached hydrogen (secondary N) is 4. The first kappa shape index (κ1) is 59.5. The molecule has 400 valence electrons. The average molecular weight is 1060 g/mol. The van der Waals surface area contributed by atoms with Gasteiger partial charge in [0, 0.05) is 64.4 Å². The normalized spacial score (nSPS) is 18.7. The Hall–Kier alpha value is -4.10. The van der Waals surface area contributed by atoms with Crippen molar-refractivity contribution in [1.82, 2.24) is 40.7 Å². The number of hydrogen-bond acceptors (Lipinski definition) is 10. The molecule has 1 aromatic heterocycles. The van der Waals surface area contributed by atoms with E-state index in [2.05, 4.69) is 41.8 Å². The van der Waals surface area contributed by atoms with Crippen molar-refractivity contribution in [2.45, 2.75) is 162 Å². The number of ether oxygens (including phenoxy) is 2. The maximum atomic E-state index is 14.7. The Balaban J connectivity index is 1.45. The highest BCUT2D eigenvalue weighted by Gasteiger charge is 2.44.